The number of aromatic nitrogens is 1. The van der Waals surface area contributed by atoms with Crippen LogP contribution in [0.15, 0.2) is 66.1 Å². The van der Waals surface area contributed by atoms with Crippen LogP contribution in [0.5, 0.6) is 0 Å². The molecule has 0 aliphatic rings. The van der Waals surface area contributed by atoms with Gasteiger partial charge in [-0.25, -0.2) is 0 Å². The number of nitrogens with zero attached hydrogens (tertiary/aromatic N) is 2. The van der Waals surface area contributed by atoms with Gasteiger partial charge in [0.15, 0.2) is 24.7 Å². The number of hydrogen-bond acceptors (Lipinski definition) is 2. The van der Waals surface area contributed by atoms with Crippen LogP contribution in [0.2, 0.25) is 0 Å². The SMILES string of the molecule is O/N=C(\C[n+]1ccccc1)c1ccccc1. The minimum Gasteiger partial charge on any atom is -0.410 e. The molecular formula is C13H13N2O+. The van der Waals surface area contributed by atoms with Crippen molar-refractivity contribution in [1.29, 1.82) is 0 Å². The molecule has 0 saturated carbocycles. The van der Waals surface area contributed by atoms with Gasteiger partial charge in [-0.15, -0.1) is 0 Å². The molecule has 0 atom stereocenters. The summed E-state index contributed by atoms with van der Waals surface area (Å²) in [4.78, 5) is 0. The molecular weight excluding hydrogens is 200 g/mol. The fourth-order valence-electron chi connectivity index (χ4n) is 1.52. The van der Waals surface area contributed by atoms with Gasteiger partial charge in [0.25, 0.3) is 0 Å². The van der Waals surface area contributed by atoms with Crippen LogP contribution in [0, 0.1) is 0 Å². The van der Waals surface area contributed by atoms with Gasteiger partial charge in [-0.3, -0.25) is 0 Å². The number of hydrogen-bond donors (Lipinski definition) is 1. The zero-order valence-electron chi connectivity index (χ0n) is 8.82. The van der Waals surface area contributed by atoms with Crippen molar-refractivity contribution in [3.05, 3.63) is 66.5 Å². The highest BCUT2D eigenvalue weighted by atomic mass is 16.4. The van der Waals surface area contributed by atoms with Gasteiger partial charge in [0.05, 0.1) is 0 Å². The van der Waals surface area contributed by atoms with E-state index in [2.05, 4.69) is 5.16 Å². The van der Waals surface area contributed by atoms with Crippen LogP contribution in [0.3, 0.4) is 0 Å². The summed E-state index contributed by atoms with van der Waals surface area (Å²) in [5.74, 6) is 0. The Balaban J connectivity index is 2.20. The molecule has 0 aliphatic heterocycles. The summed E-state index contributed by atoms with van der Waals surface area (Å²) in [7, 11) is 0. The highest BCUT2D eigenvalue weighted by molar-refractivity contribution is 5.99. The van der Waals surface area contributed by atoms with Gasteiger partial charge >= 0.3 is 0 Å². The molecule has 0 fully saturated rings. The van der Waals surface area contributed by atoms with E-state index in [4.69, 9.17) is 5.21 Å². The lowest BCUT2D eigenvalue weighted by Crippen LogP contribution is -2.37. The summed E-state index contributed by atoms with van der Waals surface area (Å²) in [5, 5.41) is 12.4. The minimum atomic E-state index is 0.557. The molecule has 2 aromatic rings. The molecule has 16 heavy (non-hydrogen) atoms. The number of oxime groups is 1. The molecule has 1 aromatic heterocycles. The molecule has 0 radical (unpaired) electrons. The Morgan fingerprint density at radius 1 is 1.00 bits per heavy atom. The second-order valence-corrected chi connectivity index (χ2v) is 3.46. The second kappa shape index (κ2) is 5.07. The Morgan fingerprint density at radius 2 is 1.62 bits per heavy atom. The highest BCUT2D eigenvalue weighted by Gasteiger charge is 2.09. The molecule has 0 unspecified atom stereocenters. The number of pyridine rings is 1. The fourth-order valence-corrected chi connectivity index (χ4v) is 1.52. The van der Waals surface area contributed by atoms with Gasteiger partial charge in [-0.2, -0.15) is 4.57 Å². The van der Waals surface area contributed by atoms with Gasteiger partial charge in [-0.05, 0) is 0 Å². The molecule has 0 spiro atoms. The van der Waals surface area contributed by atoms with Crippen molar-refractivity contribution in [1.82, 2.24) is 0 Å². The third kappa shape index (κ3) is 2.45. The topological polar surface area (TPSA) is 36.5 Å². The number of rotatable bonds is 3. The van der Waals surface area contributed by atoms with Crippen molar-refractivity contribution < 1.29 is 9.77 Å². The normalized spacial score (nSPS) is 11.4. The predicted molar refractivity (Wildman–Crippen MR) is 61.4 cm³/mol. The van der Waals surface area contributed by atoms with E-state index in [1.54, 1.807) is 0 Å². The zero-order valence-corrected chi connectivity index (χ0v) is 8.82. The minimum absolute atomic E-state index is 0.557. The van der Waals surface area contributed by atoms with Crippen molar-refractivity contribution in [3.8, 4) is 0 Å². The molecule has 1 aromatic carbocycles. The average molecular weight is 213 g/mol. The second-order valence-electron chi connectivity index (χ2n) is 3.46. The van der Waals surface area contributed by atoms with Gasteiger partial charge < -0.3 is 5.21 Å². The first-order chi connectivity index (χ1) is 7.90. The van der Waals surface area contributed by atoms with Crippen LogP contribution in [0.25, 0.3) is 0 Å². The zero-order chi connectivity index (χ0) is 11.2. The largest absolute Gasteiger partial charge is 0.410 e. The summed E-state index contributed by atoms with van der Waals surface area (Å²) in [6, 6.07) is 15.5. The van der Waals surface area contributed by atoms with Gasteiger partial charge in [0.2, 0.25) is 0 Å². The summed E-state index contributed by atoms with van der Waals surface area (Å²) in [6.45, 7) is 0.557. The van der Waals surface area contributed by atoms with E-state index in [0.717, 1.165) is 5.56 Å². The molecule has 0 amide bonds. The van der Waals surface area contributed by atoms with E-state index < -0.39 is 0 Å². The van der Waals surface area contributed by atoms with Gasteiger partial charge in [0, 0.05) is 17.7 Å². The average Bonchev–Trinajstić information content (AvgIpc) is 2.38. The fraction of sp³-hybridized carbons (Fsp3) is 0.0769. The molecule has 80 valence electrons. The number of benzene rings is 1. The van der Waals surface area contributed by atoms with E-state index in [0.29, 0.717) is 12.3 Å². The first kappa shape index (κ1) is 10.4. The maximum absolute atomic E-state index is 9.02. The van der Waals surface area contributed by atoms with Crippen LogP contribution in [0.1, 0.15) is 5.56 Å². The Labute approximate surface area is 94.3 Å². The maximum atomic E-state index is 9.02. The van der Waals surface area contributed by atoms with Crippen LogP contribution in [0.4, 0.5) is 0 Å². The van der Waals surface area contributed by atoms with Crippen molar-refractivity contribution >= 4 is 5.71 Å². The standard InChI is InChI=1S/C13H12N2O/c16-14-13(12-7-3-1-4-8-12)11-15-9-5-2-6-10-15/h1-10H,11H2/p+1/b14-13+. The van der Waals surface area contributed by atoms with E-state index >= 15 is 0 Å². The summed E-state index contributed by atoms with van der Waals surface area (Å²) in [6.07, 6.45) is 3.88. The van der Waals surface area contributed by atoms with E-state index in [1.807, 2.05) is 65.5 Å². The Bertz CT molecular complexity index is 466. The summed E-state index contributed by atoms with van der Waals surface area (Å²) in [5.41, 5.74) is 1.58. The van der Waals surface area contributed by atoms with E-state index in [9.17, 15) is 0 Å². The molecule has 0 bridgehead atoms. The van der Waals surface area contributed by atoms with Crippen molar-refractivity contribution in [3.63, 3.8) is 0 Å². The van der Waals surface area contributed by atoms with Crippen LogP contribution in [-0.4, -0.2) is 10.9 Å². The Hall–Kier alpha value is -2.16. The lowest BCUT2D eigenvalue weighted by Gasteiger charge is -2.00. The van der Waals surface area contributed by atoms with Crippen LogP contribution < -0.4 is 4.57 Å². The third-order valence-electron chi connectivity index (χ3n) is 2.34. The Kier molecular flexibility index (Phi) is 3.28. The van der Waals surface area contributed by atoms with Crippen LogP contribution in [-0.2, 0) is 6.54 Å². The molecule has 1 heterocycles. The van der Waals surface area contributed by atoms with Crippen molar-refractivity contribution in [2.45, 2.75) is 6.54 Å². The van der Waals surface area contributed by atoms with Crippen molar-refractivity contribution in [2.75, 3.05) is 0 Å². The van der Waals surface area contributed by atoms with Gasteiger partial charge in [0.1, 0.15) is 0 Å². The van der Waals surface area contributed by atoms with Gasteiger partial charge in [-0.1, -0.05) is 41.6 Å². The maximum Gasteiger partial charge on any atom is 0.194 e. The monoisotopic (exact) mass is 213 g/mol. The smallest absolute Gasteiger partial charge is 0.194 e. The quantitative estimate of drug-likeness (QED) is 0.359. The molecule has 1 N–H and O–H groups in total. The lowest BCUT2D eigenvalue weighted by atomic mass is 10.1. The predicted octanol–water partition coefficient (Wildman–Crippen LogP) is 1.85. The molecule has 0 saturated heterocycles. The van der Waals surface area contributed by atoms with Crippen LogP contribution >= 0.6 is 0 Å². The van der Waals surface area contributed by atoms with Crippen molar-refractivity contribution in [2.24, 2.45) is 5.16 Å². The molecule has 3 heteroatoms. The summed E-state index contributed by atoms with van der Waals surface area (Å²) < 4.78 is 1.96. The lowest BCUT2D eigenvalue weighted by molar-refractivity contribution is -0.681. The first-order valence-electron chi connectivity index (χ1n) is 5.10. The molecule has 2 rings (SSSR count). The third-order valence-corrected chi connectivity index (χ3v) is 2.34. The first-order valence-corrected chi connectivity index (χ1v) is 5.10. The summed E-state index contributed by atoms with van der Waals surface area (Å²) >= 11 is 0. The molecule has 3 nitrogen and oxygen atoms in total. The molecule has 0 aliphatic carbocycles. The Morgan fingerprint density at radius 3 is 2.25 bits per heavy atom. The highest BCUT2D eigenvalue weighted by Crippen LogP contribution is 2.01. The van der Waals surface area contributed by atoms with E-state index in [1.165, 1.54) is 0 Å². The van der Waals surface area contributed by atoms with E-state index in [-0.39, 0.29) is 0 Å².